The molecule has 0 aliphatic heterocycles. The Morgan fingerprint density at radius 2 is 2.05 bits per heavy atom. The molecule has 0 bridgehead atoms. The molecule has 0 radical (unpaired) electrons. The number of nitrogens with one attached hydrogen (secondary N) is 2. The molecule has 0 aliphatic carbocycles. The fourth-order valence-corrected chi connectivity index (χ4v) is 1.48. The third-order valence-electron chi connectivity index (χ3n) is 2.50. The van der Waals surface area contributed by atoms with Crippen LogP contribution in [0.2, 0.25) is 0 Å². The number of rotatable bonds is 7. The zero-order chi connectivity index (χ0) is 14.3. The summed E-state index contributed by atoms with van der Waals surface area (Å²) in [5.74, 6) is -0.487. The molecule has 6 heteroatoms. The van der Waals surface area contributed by atoms with E-state index in [9.17, 15) is 13.6 Å². The zero-order valence-corrected chi connectivity index (χ0v) is 10.7. The molecule has 1 atom stereocenters. The highest BCUT2D eigenvalue weighted by molar-refractivity contribution is 5.99. The Morgan fingerprint density at radius 1 is 1.37 bits per heavy atom. The number of carbonyl (C=O) groups is 1. The van der Waals surface area contributed by atoms with E-state index in [1.54, 1.807) is 24.3 Å². The van der Waals surface area contributed by atoms with Crippen LogP contribution in [0.15, 0.2) is 24.3 Å². The van der Waals surface area contributed by atoms with Gasteiger partial charge < -0.3 is 15.7 Å². The molecule has 0 spiro atoms. The number of hydrogen-bond acceptors (Lipinski definition) is 3. The highest BCUT2D eigenvalue weighted by atomic mass is 19.3. The van der Waals surface area contributed by atoms with Crippen molar-refractivity contribution in [3.63, 3.8) is 0 Å². The van der Waals surface area contributed by atoms with E-state index in [1.165, 1.54) is 0 Å². The lowest BCUT2D eigenvalue weighted by Gasteiger charge is -2.13. The van der Waals surface area contributed by atoms with Gasteiger partial charge in [0.15, 0.2) is 0 Å². The average Bonchev–Trinajstić information content (AvgIpc) is 2.42. The van der Waals surface area contributed by atoms with Crippen LogP contribution in [0.25, 0.3) is 0 Å². The number of hydrogen-bond donors (Lipinski definition) is 3. The fraction of sp³-hybridized carbons (Fsp3) is 0.462. The van der Waals surface area contributed by atoms with Gasteiger partial charge in [0.05, 0.1) is 5.56 Å². The maximum atomic E-state index is 12.1. The van der Waals surface area contributed by atoms with Crippen LogP contribution in [-0.4, -0.2) is 36.6 Å². The molecular formula is C13H18F2N2O2. The second kappa shape index (κ2) is 7.68. The molecule has 106 valence electrons. The van der Waals surface area contributed by atoms with Crippen molar-refractivity contribution in [2.24, 2.45) is 0 Å². The Balaban J connectivity index is 2.65. The van der Waals surface area contributed by atoms with Gasteiger partial charge >= 0.3 is 0 Å². The van der Waals surface area contributed by atoms with Gasteiger partial charge in [-0.05, 0) is 18.6 Å². The van der Waals surface area contributed by atoms with Gasteiger partial charge in [-0.15, -0.1) is 0 Å². The maximum Gasteiger partial charge on any atom is 0.265 e. The van der Waals surface area contributed by atoms with E-state index in [4.69, 9.17) is 5.11 Å². The van der Waals surface area contributed by atoms with E-state index in [0.717, 1.165) is 6.42 Å². The van der Waals surface area contributed by atoms with Gasteiger partial charge in [0.25, 0.3) is 12.3 Å². The molecule has 4 nitrogen and oxygen atoms in total. The van der Waals surface area contributed by atoms with Crippen molar-refractivity contribution < 1.29 is 18.7 Å². The van der Waals surface area contributed by atoms with Gasteiger partial charge in [0, 0.05) is 18.8 Å². The second-order valence-electron chi connectivity index (χ2n) is 4.08. The van der Waals surface area contributed by atoms with Gasteiger partial charge in [0.2, 0.25) is 0 Å². The van der Waals surface area contributed by atoms with Gasteiger partial charge in [-0.25, -0.2) is 8.78 Å². The monoisotopic (exact) mass is 272 g/mol. The van der Waals surface area contributed by atoms with E-state index in [0.29, 0.717) is 17.8 Å². The highest BCUT2D eigenvalue weighted by Gasteiger charge is 2.18. The van der Waals surface area contributed by atoms with Crippen molar-refractivity contribution >= 4 is 11.6 Å². The van der Waals surface area contributed by atoms with Gasteiger partial charge in [-0.1, -0.05) is 19.1 Å². The largest absolute Gasteiger partial charge is 0.385 e. The number of anilines is 1. The molecule has 0 aromatic heterocycles. The minimum absolute atomic E-state index is 0.373. The molecule has 1 amide bonds. The molecule has 0 heterocycles. The second-order valence-corrected chi connectivity index (χ2v) is 4.08. The molecule has 19 heavy (non-hydrogen) atoms. The summed E-state index contributed by atoms with van der Waals surface area (Å²) >= 11 is 0. The van der Waals surface area contributed by atoms with Gasteiger partial charge in [0.1, 0.15) is 6.10 Å². The van der Waals surface area contributed by atoms with E-state index in [-0.39, 0.29) is 0 Å². The van der Waals surface area contributed by atoms with Crippen LogP contribution >= 0.6 is 0 Å². The summed E-state index contributed by atoms with van der Waals surface area (Å²) in [5, 5.41) is 14.3. The molecule has 0 aliphatic rings. The molecule has 1 rings (SSSR count). The maximum absolute atomic E-state index is 12.1. The normalized spacial score (nSPS) is 12.3. The van der Waals surface area contributed by atoms with Crippen molar-refractivity contribution in [3.05, 3.63) is 29.8 Å². The Kier molecular flexibility index (Phi) is 6.21. The molecule has 1 unspecified atom stereocenters. The van der Waals surface area contributed by atoms with Crippen molar-refractivity contribution in [1.82, 2.24) is 5.32 Å². The van der Waals surface area contributed by atoms with Crippen LogP contribution in [0, 0.1) is 0 Å². The summed E-state index contributed by atoms with van der Waals surface area (Å²) < 4.78 is 24.2. The Hall–Kier alpha value is -1.69. The molecule has 0 saturated carbocycles. The Morgan fingerprint density at radius 3 is 2.68 bits per heavy atom. The first-order valence-electron chi connectivity index (χ1n) is 6.13. The summed E-state index contributed by atoms with van der Waals surface area (Å²) in [6.07, 6.45) is -3.81. The van der Waals surface area contributed by atoms with Crippen molar-refractivity contribution in [1.29, 1.82) is 0 Å². The SMILES string of the molecule is CCCNc1ccccc1C(=O)NCC(O)C(F)F. The standard InChI is InChI=1S/C13H18F2N2O2/c1-2-7-16-10-6-4-3-5-9(10)13(19)17-8-11(18)12(14)15/h3-6,11-12,16,18H,2,7-8H2,1H3,(H,17,19). The lowest BCUT2D eigenvalue weighted by atomic mass is 10.1. The van der Waals surface area contributed by atoms with Crippen LogP contribution in [0.3, 0.4) is 0 Å². The summed E-state index contributed by atoms with van der Waals surface area (Å²) in [7, 11) is 0. The third-order valence-corrected chi connectivity index (χ3v) is 2.50. The van der Waals surface area contributed by atoms with Crippen molar-refractivity contribution in [3.8, 4) is 0 Å². The summed E-state index contributed by atoms with van der Waals surface area (Å²) in [5.41, 5.74) is 1.02. The van der Waals surface area contributed by atoms with E-state index in [2.05, 4.69) is 10.6 Å². The van der Waals surface area contributed by atoms with Crippen LogP contribution in [0.1, 0.15) is 23.7 Å². The number of para-hydroxylation sites is 1. The molecule has 0 fully saturated rings. The molecule has 0 saturated heterocycles. The number of alkyl halides is 2. The molecule has 1 aromatic carbocycles. The smallest absolute Gasteiger partial charge is 0.265 e. The topological polar surface area (TPSA) is 61.4 Å². The minimum Gasteiger partial charge on any atom is -0.385 e. The number of halogens is 2. The van der Waals surface area contributed by atoms with Crippen LogP contribution < -0.4 is 10.6 Å². The Labute approximate surface area is 110 Å². The predicted molar refractivity (Wildman–Crippen MR) is 69.6 cm³/mol. The van der Waals surface area contributed by atoms with Crippen LogP contribution in [0.5, 0.6) is 0 Å². The van der Waals surface area contributed by atoms with Crippen molar-refractivity contribution in [2.45, 2.75) is 25.9 Å². The summed E-state index contributed by atoms with van der Waals surface area (Å²) in [6, 6.07) is 6.81. The minimum atomic E-state index is -2.87. The van der Waals surface area contributed by atoms with Gasteiger partial charge in [-0.2, -0.15) is 0 Å². The number of benzene rings is 1. The van der Waals surface area contributed by atoms with Crippen molar-refractivity contribution in [2.75, 3.05) is 18.4 Å². The number of aliphatic hydroxyl groups is 1. The van der Waals surface area contributed by atoms with Crippen LogP contribution in [0.4, 0.5) is 14.5 Å². The summed E-state index contributed by atoms with van der Waals surface area (Å²) in [6.45, 7) is 2.23. The third kappa shape index (κ3) is 4.82. The predicted octanol–water partition coefficient (Wildman–Crippen LogP) is 1.86. The highest BCUT2D eigenvalue weighted by Crippen LogP contribution is 2.14. The molecule has 3 N–H and O–H groups in total. The molecular weight excluding hydrogens is 254 g/mol. The fourth-order valence-electron chi connectivity index (χ4n) is 1.48. The lowest BCUT2D eigenvalue weighted by Crippen LogP contribution is -2.36. The zero-order valence-electron chi connectivity index (χ0n) is 10.7. The number of carbonyl (C=O) groups excluding carboxylic acids is 1. The average molecular weight is 272 g/mol. The number of amides is 1. The quantitative estimate of drug-likeness (QED) is 0.710. The number of aliphatic hydroxyl groups excluding tert-OH is 1. The molecule has 1 aromatic rings. The van der Waals surface area contributed by atoms with E-state index in [1.807, 2.05) is 6.92 Å². The summed E-state index contributed by atoms with van der Waals surface area (Å²) in [4.78, 5) is 11.8. The van der Waals surface area contributed by atoms with E-state index >= 15 is 0 Å². The van der Waals surface area contributed by atoms with Gasteiger partial charge in [-0.3, -0.25) is 4.79 Å². The first kappa shape index (κ1) is 15.4. The lowest BCUT2D eigenvalue weighted by molar-refractivity contribution is -0.00269. The van der Waals surface area contributed by atoms with E-state index < -0.39 is 25.0 Å². The first-order chi connectivity index (χ1) is 9.06. The van der Waals surface area contributed by atoms with Crippen LogP contribution in [-0.2, 0) is 0 Å². The first-order valence-corrected chi connectivity index (χ1v) is 6.13. The Bertz CT molecular complexity index is 413.